The molecule has 0 radical (unpaired) electrons. The van der Waals surface area contributed by atoms with Gasteiger partial charge in [-0.2, -0.15) is 0 Å². The van der Waals surface area contributed by atoms with Crippen LogP contribution in [0.1, 0.15) is 41.5 Å². The number of carbonyl (C=O) groups excluding carboxylic acids is 1. The summed E-state index contributed by atoms with van der Waals surface area (Å²) in [6, 6.07) is 11.6. The van der Waals surface area contributed by atoms with Gasteiger partial charge in [0.15, 0.2) is 0 Å². The third-order valence-electron chi connectivity index (χ3n) is 3.89. The highest BCUT2D eigenvalue weighted by Gasteiger charge is 2.14. The van der Waals surface area contributed by atoms with Crippen LogP contribution in [0.2, 0.25) is 0 Å². The minimum absolute atomic E-state index is 0.111. The quantitative estimate of drug-likeness (QED) is 0.781. The van der Waals surface area contributed by atoms with E-state index < -0.39 is 0 Å². The third kappa shape index (κ3) is 3.40. The molecule has 0 saturated carbocycles. The monoisotopic (exact) mass is 323 g/mol. The fourth-order valence-corrected chi connectivity index (χ4v) is 2.57. The van der Waals surface area contributed by atoms with Crippen molar-refractivity contribution in [3.8, 4) is 5.75 Å². The van der Waals surface area contributed by atoms with Crippen molar-refractivity contribution in [1.82, 2.24) is 14.7 Å². The number of nitrogens with zero attached hydrogens (tertiary/aromatic N) is 2. The number of aryl methyl sites for hydroxylation is 1. The summed E-state index contributed by atoms with van der Waals surface area (Å²) in [6.45, 7) is 6.54. The molecule has 1 atom stereocenters. The second-order valence-corrected chi connectivity index (χ2v) is 5.79. The normalized spacial score (nSPS) is 12.1. The molecular weight excluding hydrogens is 302 g/mol. The summed E-state index contributed by atoms with van der Waals surface area (Å²) >= 11 is 0. The summed E-state index contributed by atoms with van der Waals surface area (Å²) in [4.78, 5) is 16.8. The number of ether oxygens (including phenoxy) is 1. The van der Waals surface area contributed by atoms with Crippen molar-refractivity contribution >= 4 is 11.6 Å². The number of benzene rings is 1. The van der Waals surface area contributed by atoms with Gasteiger partial charge in [-0.25, -0.2) is 4.98 Å². The molecule has 1 amide bonds. The van der Waals surface area contributed by atoms with Gasteiger partial charge >= 0.3 is 0 Å². The SMILES string of the molecule is CCOc1ccc(C(C)NC(=O)c2cn3ccc(C)cc3n2)cc1. The van der Waals surface area contributed by atoms with Gasteiger partial charge in [-0.1, -0.05) is 12.1 Å². The molecule has 5 nitrogen and oxygen atoms in total. The summed E-state index contributed by atoms with van der Waals surface area (Å²) < 4.78 is 7.28. The van der Waals surface area contributed by atoms with E-state index in [0.29, 0.717) is 12.3 Å². The van der Waals surface area contributed by atoms with E-state index in [4.69, 9.17) is 4.74 Å². The Hall–Kier alpha value is -2.82. The number of fused-ring (bicyclic) bond motifs is 1. The van der Waals surface area contributed by atoms with Crippen LogP contribution in [-0.2, 0) is 0 Å². The van der Waals surface area contributed by atoms with Crippen molar-refractivity contribution in [2.24, 2.45) is 0 Å². The third-order valence-corrected chi connectivity index (χ3v) is 3.89. The lowest BCUT2D eigenvalue weighted by Gasteiger charge is -2.14. The van der Waals surface area contributed by atoms with E-state index in [9.17, 15) is 4.79 Å². The lowest BCUT2D eigenvalue weighted by Crippen LogP contribution is -2.26. The molecule has 0 aliphatic carbocycles. The van der Waals surface area contributed by atoms with Crippen LogP contribution in [0, 0.1) is 6.92 Å². The lowest BCUT2D eigenvalue weighted by atomic mass is 10.1. The maximum absolute atomic E-state index is 12.4. The average Bonchev–Trinajstić information content (AvgIpc) is 2.99. The maximum atomic E-state index is 12.4. The van der Waals surface area contributed by atoms with Crippen molar-refractivity contribution < 1.29 is 9.53 Å². The molecule has 1 aromatic carbocycles. The molecule has 3 aromatic rings. The van der Waals surface area contributed by atoms with Crippen LogP contribution in [0.4, 0.5) is 0 Å². The summed E-state index contributed by atoms with van der Waals surface area (Å²) in [5, 5.41) is 2.98. The van der Waals surface area contributed by atoms with E-state index in [1.54, 1.807) is 6.20 Å². The predicted molar refractivity (Wildman–Crippen MR) is 93.4 cm³/mol. The Labute approximate surface area is 141 Å². The van der Waals surface area contributed by atoms with E-state index in [1.807, 2.05) is 67.8 Å². The molecule has 124 valence electrons. The molecule has 5 heteroatoms. The van der Waals surface area contributed by atoms with Gasteiger partial charge in [0.1, 0.15) is 17.1 Å². The number of amides is 1. The van der Waals surface area contributed by atoms with Gasteiger partial charge in [-0.3, -0.25) is 4.79 Å². The van der Waals surface area contributed by atoms with Crippen molar-refractivity contribution in [3.05, 3.63) is 65.6 Å². The number of rotatable bonds is 5. The molecule has 2 aromatic heterocycles. The summed E-state index contributed by atoms with van der Waals surface area (Å²) in [5.74, 6) is 0.647. The number of pyridine rings is 1. The maximum Gasteiger partial charge on any atom is 0.271 e. The Balaban J connectivity index is 1.72. The molecule has 1 unspecified atom stereocenters. The average molecular weight is 323 g/mol. The molecule has 0 aliphatic rings. The van der Waals surface area contributed by atoms with Gasteiger partial charge in [-0.15, -0.1) is 0 Å². The first-order valence-corrected chi connectivity index (χ1v) is 8.06. The van der Waals surface area contributed by atoms with Crippen molar-refractivity contribution in [3.63, 3.8) is 0 Å². The largest absolute Gasteiger partial charge is 0.494 e. The fourth-order valence-electron chi connectivity index (χ4n) is 2.57. The molecule has 3 rings (SSSR count). The standard InChI is InChI=1S/C19H21N3O2/c1-4-24-16-7-5-15(6-8-16)14(3)20-19(23)17-12-22-10-9-13(2)11-18(22)21-17/h5-12,14H,4H2,1-3H3,(H,20,23). The molecule has 0 fully saturated rings. The van der Waals surface area contributed by atoms with Crippen molar-refractivity contribution in [2.45, 2.75) is 26.8 Å². The van der Waals surface area contributed by atoms with Crippen molar-refractivity contribution in [1.29, 1.82) is 0 Å². The van der Waals surface area contributed by atoms with E-state index >= 15 is 0 Å². The highest BCUT2D eigenvalue weighted by molar-refractivity contribution is 5.93. The Bertz CT molecular complexity index is 853. The second-order valence-electron chi connectivity index (χ2n) is 5.79. The fraction of sp³-hybridized carbons (Fsp3) is 0.263. The summed E-state index contributed by atoms with van der Waals surface area (Å²) in [7, 11) is 0. The zero-order valence-electron chi connectivity index (χ0n) is 14.1. The molecular formula is C19H21N3O2. The van der Waals surface area contributed by atoms with Gasteiger partial charge in [0.25, 0.3) is 5.91 Å². The smallest absolute Gasteiger partial charge is 0.271 e. The van der Waals surface area contributed by atoms with Gasteiger partial charge < -0.3 is 14.5 Å². The summed E-state index contributed by atoms with van der Waals surface area (Å²) in [5.41, 5.74) is 3.32. The first kappa shape index (κ1) is 16.1. The Morgan fingerprint density at radius 2 is 2.04 bits per heavy atom. The number of carbonyl (C=O) groups is 1. The highest BCUT2D eigenvalue weighted by Crippen LogP contribution is 2.18. The number of aromatic nitrogens is 2. The van der Waals surface area contributed by atoms with E-state index in [0.717, 1.165) is 22.5 Å². The van der Waals surface area contributed by atoms with Crippen LogP contribution in [0.15, 0.2) is 48.8 Å². The zero-order chi connectivity index (χ0) is 17.1. The van der Waals surface area contributed by atoms with Crippen LogP contribution in [0.3, 0.4) is 0 Å². The number of imidazole rings is 1. The van der Waals surface area contributed by atoms with Crippen LogP contribution >= 0.6 is 0 Å². The first-order valence-electron chi connectivity index (χ1n) is 8.06. The second kappa shape index (κ2) is 6.74. The minimum atomic E-state index is -0.183. The van der Waals surface area contributed by atoms with Crippen molar-refractivity contribution in [2.75, 3.05) is 6.61 Å². The van der Waals surface area contributed by atoms with Crippen LogP contribution < -0.4 is 10.1 Å². The predicted octanol–water partition coefficient (Wildman–Crippen LogP) is 3.53. The van der Waals surface area contributed by atoms with Gasteiger partial charge in [0.05, 0.1) is 12.6 Å². The van der Waals surface area contributed by atoms with E-state index in [2.05, 4.69) is 10.3 Å². The first-order chi connectivity index (χ1) is 11.6. The molecule has 1 N–H and O–H groups in total. The van der Waals surface area contributed by atoms with Crippen LogP contribution in [0.5, 0.6) is 5.75 Å². The lowest BCUT2D eigenvalue weighted by molar-refractivity contribution is 0.0935. The zero-order valence-corrected chi connectivity index (χ0v) is 14.1. The van der Waals surface area contributed by atoms with E-state index in [1.165, 1.54) is 0 Å². The molecule has 0 bridgehead atoms. The minimum Gasteiger partial charge on any atom is -0.494 e. The highest BCUT2D eigenvalue weighted by atomic mass is 16.5. The number of hydrogen-bond acceptors (Lipinski definition) is 3. The molecule has 0 saturated heterocycles. The summed E-state index contributed by atoms with van der Waals surface area (Å²) in [6.07, 6.45) is 3.65. The Morgan fingerprint density at radius 1 is 1.29 bits per heavy atom. The van der Waals surface area contributed by atoms with Crippen LogP contribution in [0.25, 0.3) is 5.65 Å². The van der Waals surface area contributed by atoms with Gasteiger partial charge in [-0.05, 0) is 56.2 Å². The molecule has 2 heterocycles. The Morgan fingerprint density at radius 3 is 2.75 bits per heavy atom. The van der Waals surface area contributed by atoms with E-state index in [-0.39, 0.29) is 11.9 Å². The number of nitrogens with one attached hydrogen (secondary N) is 1. The van der Waals surface area contributed by atoms with Gasteiger partial charge in [0, 0.05) is 12.4 Å². The number of hydrogen-bond donors (Lipinski definition) is 1. The van der Waals surface area contributed by atoms with Gasteiger partial charge in [0.2, 0.25) is 0 Å². The molecule has 0 spiro atoms. The topological polar surface area (TPSA) is 55.6 Å². The molecule has 24 heavy (non-hydrogen) atoms. The molecule has 0 aliphatic heterocycles. The van der Waals surface area contributed by atoms with Crippen LogP contribution in [-0.4, -0.2) is 21.9 Å². The Kier molecular flexibility index (Phi) is 4.51.